The first-order chi connectivity index (χ1) is 20.3. The minimum atomic E-state index is -1.62. The van der Waals surface area contributed by atoms with Gasteiger partial charge in [0, 0.05) is 17.3 Å². The smallest absolute Gasteiger partial charge is 0.187 e. The van der Waals surface area contributed by atoms with E-state index in [1.807, 2.05) is 33.8 Å². The number of hydrogen-bond donors (Lipinski definition) is 2. The summed E-state index contributed by atoms with van der Waals surface area (Å²) in [5.74, 6) is -1.39. The molecule has 2 bridgehead atoms. The standard InChI is InChI=1S/C40H60O4/c1-22(2)39(43)28(41)21-27-36(9)18-11-16-35(7,8)26(36)15-20-38(27)31-29-24(30(32(38)39)40(44,23(3)4)33(31)42)13-14-25-34(5,6)17-12-19-37(25,29)10/h21-23,25-26,30-32,43-44H,11-20H2,1-10H3/t25-,26+,30+,31+,32+,36-,37+,38-,39+,40-/m0/s1. The average Bonchev–Trinajstić information content (AvgIpc) is 2.91. The fourth-order valence-electron chi connectivity index (χ4n) is 14.5. The lowest BCUT2D eigenvalue weighted by Gasteiger charge is -2.75. The van der Waals surface area contributed by atoms with Crippen LogP contribution >= 0.6 is 0 Å². The third kappa shape index (κ3) is 3.29. The Bertz CT molecular complexity index is 1380. The largest absolute Gasteiger partial charge is 0.381 e. The van der Waals surface area contributed by atoms with Crippen LogP contribution in [0.1, 0.15) is 133 Å². The number of allylic oxidation sites excluding steroid dienone is 2. The van der Waals surface area contributed by atoms with Crippen molar-refractivity contribution in [3.63, 3.8) is 0 Å². The second-order valence-corrected chi connectivity index (χ2v) is 19.3. The molecule has 0 radical (unpaired) electrons. The van der Waals surface area contributed by atoms with Crippen molar-refractivity contribution in [3.05, 3.63) is 22.8 Å². The lowest BCUT2D eigenvalue weighted by Crippen LogP contribution is -2.79. The van der Waals surface area contributed by atoms with Crippen molar-refractivity contribution < 1.29 is 19.8 Å². The summed E-state index contributed by atoms with van der Waals surface area (Å²) in [7, 11) is 0. The molecule has 0 amide bonds. The second kappa shape index (κ2) is 9.00. The van der Waals surface area contributed by atoms with Crippen molar-refractivity contribution in [2.75, 3.05) is 0 Å². The number of Topliss-reactive ketones (excluding diaryl/α,β-unsaturated/α-hetero) is 1. The van der Waals surface area contributed by atoms with Crippen LogP contribution in [0, 0.1) is 68.5 Å². The number of carbonyl (C=O) groups excluding carboxylic acids is 2. The summed E-state index contributed by atoms with van der Waals surface area (Å²) in [6.45, 7) is 22.5. The molecule has 44 heavy (non-hydrogen) atoms. The fraction of sp³-hybridized carbons (Fsp3) is 0.850. The van der Waals surface area contributed by atoms with Crippen LogP contribution in [-0.4, -0.2) is 33.0 Å². The zero-order chi connectivity index (χ0) is 32.2. The molecule has 4 fully saturated rings. The van der Waals surface area contributed by atoms with Crippen molar-refractivity contribution >= 4 is 11.6 Å². The number of ketones is 2. The zero-order valence-electron chi connectivity index (χ0n) is 29.4. The monoisotopic (exact) mass is 604 g/mol. The molecule has 244 valence electrons. The predicted molar refractivity (Wildman–Crippen MR) is 175 cm³/mol. The van der Waals surface area contributed by atoms with Crippen molar-refractivity contribution in [2.45, 2.75) is 145 Å². The summed E-state index contributed by atoms with van der Waals surface area (Å²) in [6, 6.07) is 0. The van der Waals surface area contributed by atoms with E-state index in [9.17, 15) is 15.0 Å². The Labute approximate surface area is 266 Å². The lowest BCUT2D eigenvalue weighted by atomic mass is 9.28. The molecule has 0 aromatic heterocycles. The van der Waals surface area contributed by atoms with E-state index in [1.165, 1.54) is 29.6 Å². The molecule has 0 saturated heterocycles. The average molecular weight is 605 g/mol. The summed E-state index contributed by atoms with van der Waals surface area (Å²) >= 11 is 0. The van der Waals surface area contributed by atoms with Gasteiger partial charge in [0.2, 0.25) is 0 Å². The predicted octanol–water partition coefficient (Wildman–Crippen LogP) is 8.25. The minimum absolute atomic E-state index is 0.00114. The van der Waals surface area contributed by atoms with Crippen LogP contribution in [0.5, 0.6) is 0 Å². The molecule has 0 heterocycles. The molecule has 0 aromatic rings. The normalized spacial score (nSPS) is 50.5. The van der Waals surface area contributed by atoms with Crippen LogP contribution < -0.4 is 0 Å². The van der Waals surface area contributed by atoms with Crippen LogP contribution in [0.15, 0.2) is 22.8 Å². The first-order valence-corrected chi connectivity index (χ1v) is 18.3. The summed E-state index contributed by atoms with van der Waals surface area (Å²) < 4.78 is 0. The molecule has 4 nitrogen and oxygen atoms in total. The first kappa shape index (κ1) is 31.3. The van der Waals surface area contributed by atoms with E-state index in [-0.39, 0.29) is 45.1 Å². The Morgan fingerprint density at radius 1 is 0.727 bits per heavy atom. The van der Waals surface area contributed by atoms with Gasteiger partial charge in [-0.3, -0.25) is 9.59 Å². The second-order valence-electron chi connectivity index (χ2n) is 19.3. The molecule has 4 saturated carbocycles. The maximum atomic E-state index is 15.5. The molecule has 0 aromatic carbocycles. The molecule has 8 aliphatic carbocycles. The number of aliphatic hydroxyl groups is 2. The van der Waals surface area contributed by atoms with Crippen molar-refractivity contribution in [1.82, 2.24) is 0 Å². The third-order valence-electron chi connectivity index (χ3n) is 16.2. The Morgan fingerprint density at radius 2 is 1.27 bits per heavy atom. The van der Waals surface area contributed by atoms with Gasteiger partial charge in [-0.05, 0) is 103 Å². The number of fused-ring (bicyclic) bond motifs is 4. The quantitative estimate of drug-likeness (QED) is 0.311. The molecule has 0 unspecified atom stereocenters. The van der Waals surface area contributed by atoms with Gasteiger partial charge < -0.3 is 10.2 Å². The summed E-state index contributed by atoms with van der Waals surface area (Å²) in [4.78, 5) is 30.1. The fourth-order valence-corrected chi connectivity index (χ4v) is 14.5. The molecule has 1 spiro atoms. The molecule has 8 aliphatic rings. The highest BCUT2D eigenvalue weighted by Crippen LogP contribution is 2.80. The maximum absolute atomic E-state index is 15.5. The summed E-state index contributed by atoms with van der Waals surface area (Å²) in [5.41, 5.74) is -0.0457. The molecule has 2 N–H and O–H groups in total. The van der Waals surface area contributed by atoms with E-state index in [4.69, 9.17) is 0 Å². The van der Waals surface area contributed by atoms with Gasteiger partial charge >= 0.3 is 0 Å². The molecule has 8 rings (SSSR count). The number of carbonyl (C=O) groups is 2. The Kier molecular flexibility index (Phi) is 6.41. The highest BCUT2D eigenvalue weighted by molar-refractivity contribution is 6.04. The van der Waals surface area contributed by atoms with E-state index in [0.29, 0.717) is 11.8 Å². The lowest BCUT2D eigenvalue weighted by molar-refractivity contribution is -0.232. The third-order valence-corrected chi connectivity index (χ3v) is 16.2. The topological polar surface area (TPSA) is 74.6 Å². The van der Waals surface area contributed by atoms with Gasteiger partial charge in [-0.25, -0.2) is 0 Å². The zero-order valence-corrected chi connectivity index (χ0v) is 29.4. The molecular weight excluding hydrogens is 544 g/mol. The highest BCUT2D eigenvalue weighted by atomic mass is 16.3. The van der Waals surface area contributed by atoms with Gasteiger partial charge in [-0.2, -0.15) is 0 Å². The van der Waals surface area contributed by atoms with Crippen LogP contribution in [0.3, 0.4) is 0 Å². The number of rotatable bonds is 2. The molecule has 0 aliphatic heterocycles. The van der Waals surface area contributed by atoms with Crippen molar-refractivity contribution in [1.29, 1.82) is 0 Å². The van der Waals surface area contributed by atoms with Crippen LogP contribution in [-0.2, 0) is 9.59 Å². The van der Waals surface area contributed by atoms with Crippen molar-refractivity contribution in [3.8, 4) is 0 Å². The minimum Gasteiger partial charge on any atom is -0.381 e. The summed E-state index contributed by atoms with van der Waals surface area (Å²) in [6.07, 6.45) is 12.4. The van der Waals surface area contributed by atoms with Gasteiger partial charge in [0.1, 0.15) is 11.2 Å². The maximum Gasteiger partial charge on any atom is 0.187 e. The van der Waals surface area contributed by atoms with Crippen molar-refractivity contribution in [2.24, 2.45) is 68.5 Å². The Morgan fingerprint density at radius 3 is 1.84 bits per heavy atom. The van der Waals surface area contributed by atoms with Gasteiger partial charge in [-0.15, -0.1) is 0 Å². The van der Waals surface area contributed by atoms with E-state index in [1.54, 1.807) is 0 Å². The van der Waals surface area contributed by atoms with E-state index < -0.39 is 34.4 Å². The highest BCUT2D eigenvalue weighted by Gasteiger charge is 2.81. The SMILES string of the molecule is CC(C)[C@@]1(O)C(=O)[C@H]2C3=C(CC[C@H]4C(C)(C)CCC[C@@]34C)[C@@H]1[C@@H]1[C@]23CC[C@@H]2C(C)(C)CCC[C@]2(C)C3=CC(=O)[C@]1(O)C(C)C. The molecule has 4 heteroatoms. The van der Waals surface area contributed by atoms with E-state index in [0.717, 1.165) is 51.4 Å². The first-order valence-electron chi connectivity index (χ1n) is 18.3. The van der Waals surface area contributed by atoms with Gasteiger partial charge in [-0.1, -0.05) is 98.8 Å². The van der Waals surface area contributed by atoms with Crippen LogP contribution in [0.25, 0.3) is 0 Å². The van der Waals surface area contributed by atoms with Crippen LogP contribution in [0.2, 0.25) is 0 Å². The Hall–Kier alpha value is -1.26. The van der Waals surface area contributed by atoms with E-state index >= 15 is 4.79 Å². The molecular formula is C40H60O4. The van der Waals surface area contributed by atoms with Gasteiger partial charge in [0.25, 0.3) is 0 Å². The van der Waals surface area contributed by atoms with Crippen LogP contribution in [0.4, 0.5) is 0 Å². The summed E-state index contributed by atoms with van der Waals surface area (Å²) in [5, 5.41) is 25.9. The van der Waals surface area contributed by atoms with Gasteiger partial charge in [0.15, 0.2) is 11.6 Å². The van der Waals surface area contributed by atoms with E-state index in [2.05, 4.69) is 41.5 Å². The van der Waals surface area contributed by atoms with Gasteiger partial charge in [0.05, 0.1) is 5.92 Å². The Balaban J connectivity index is 1.58. The molecule has 10 atom stereocenters. The number of hydrogen-bond acceptors (Lipinski definition) is 4.